The Morgan fingerprint density at radius 1 is 1.29 bits per heavy atom. The molecule has 0 bridgehead atoms. The second kappa shape index (κ2) is 7.54. The van der Waals surface area contributed by atoms with Crippen molar-refractivity contribution in [1.29, 1.82) is 0 Å². The van der Waals surface area contributed by atoms with Crippen molar-refractivity contribution < 1.29 is 14.6 Å². The van der Waals surface area contributed by atoms with Crippen LogP contribution in [0.4, 0.5) is 0 Å². The minimum Gasteiger partial charge on any atom is -0.394 e. The Morgan fingerprint density at radius 3 is 2.52 bits per heavy atom. The van der Waals surface area contributed by atoms with Crippen LogP contribution < -0.4 is 5.73 Å². The lowest BCUT2D eigenvalue weighted by atomic mass is 9.83. The Bertz CT molecular complexity index is 446. The summed E-state index contributed by atoms with van der Waals surface area (Å²) in [4.78, 5) is 13.3. The Morgan fingerprint density at radius 2 is 1.95 bits per heavy atom. The first-order valence-corrected chi connectivity index (χ1v) is 7.46. The molecule has 116 valence electrons. The van der Waals surface area contributed by atoms with Gasteiger partial charge in [0.1, 0.15) is 0 Å². The zero-order chi connectivity index (χ0) is 15.1. The first-order valence-electron chi connectivity index (χ1n) is 7.46. The van der Waals surface area contributed by atoms with Gasteiger partial charge in [0, 0.05) is 19.5 Å². The number of benzene rings is 1. The Hall–Kier alpha value is -1.43. The van der Waals surface area contributed by atoms with Gasteiger partial charge in [-0.05, 0) is 18.4 Å². The normalized spacial score (nSPS) is 19.1. The summed E-state index contributed by atoms with van der Waals surface area (Å²) in [5, 5.41) is 10.1. The number of primary amides is 1. The summed E-state index contributed by atoms with van der Waals surface area (Å²) >= 11 is 0. The minimum absolute atomic E-state index is 0.0236. The molecule has 1 fully saturated rings. The molecule has 2 rings (SSSR count). The van der Waals surface area contributed by atoms with Crippen LogP contribution in [0.3, 0.4) is 0 Å². The van der Waals surface area contributed by atoms with Crippen LogP contribution in [0.2, 0.25) is 0 Å². The molecule has 1 unspecified atom stereocenters. The standard InChI is InChI=1S/C16H24N2O3/c17-15(20)7-4-8-16(13-19,14-5-2-1-3-6-14)18-9-11-21-12-10-18/h1-3,5-6,19H,4,7-13H2,(H2,17,20). The van der Waals surface area contributed by atoms with E-state index in [1.807, 2.05) is 30.3 Å². The molecule has 1 atom stereocenters. The fourth-order valence-electron chi connectivity index (χ4n) is 3.05. The molecule has 21 heavy (non-hydrogen) atoms. The number of carbonyl (C=O) groups is 1. The smallest absolute Gasteiger partial charge is 0.217 e. The predicted octanol–water partition coefficient (Wildman–Crippen LogP) is 0.862. The lowest BCUT2D eigenvalue weighted by Gasteiger charge is -2.45. The Labute approximate surface area is 125 Å². The van der Waals surface area contributed by atoms with E-state index in [4.69, 9.17) is 10.5 Å². The van der Waals surface area contributed by atoms with Gasteiger partial charge in [-0.3, -0.25) is 9.69 Å². The number of aliphatic hydroxyl groups is 1. The predicted molar refractivity (Wildman–Crippen MR) is 80.6 cm³/mol. The highest BCUT2D eigenvalue weighted by atomic mass is 16.5. The van der Waals surface area contributed by atoms with Crippen LogP contribution in [0.25, 0.3) is 0 Å². The molecule has 0 saturated carbocycles. The van der Waals surface area contributed by atoms with E-state index >= 15 is 0 Å². The third kappa shape index (κ3) is 3.81. The molecule has 0 aromatic heterocycles. The molecule has 3 N–H and O–H groups in total. The maximum Gasteiger partial charge on any atom is 0.217 e. The van der Waals surface area contributed by atoms with Gasteiger partial charge in [-0.15, -0.1) is 0 Å². The van der Waals surface area contributed by atoms with Crippen LogP contribution in [0.5, 0.6) is 0 Å². The molecular formula is C16H24N2O3. The summed E-state index contributed by atoms with van der Waals surface area (Å²) in [6.45, 7) is 2.93. The summed E-state index contributed by atoms with van der Waals surface area (Å²) in [7, 11) is 0. The molecular weight excluding hydrogens is 268 g/mol. The molecule has 1 aromatic carbocycles. The molecule has 1 amide bonds. The van der Waals surface area contributed by atoms with Crippen molar-refractivity contribution in [3.63, 3.8) is 0 Å². The molecule has 5 heteroatoms. The summed E-state index contributed by atoms with van der Waals surface area (Å²) in [6.07, 6.45) is 1.72. The molecule has 1 saturated heterocycles. The maximum atomic E-state index is 11.0. The van der Waals surface area contributed by atoms with E-state index < -0.39 is 5.54 Å². The van der Waals surface area contributed by atoms with Gasteiger partial charge in [-0.2, -0.15) is 0 Å². The van der Waals surface area contributed by atoms with Gasteiger partial charge < -0.3 is 15.6 Å². The van der Waals surface area contributed by atoms with E-state index in [1.54, 1.807) is 0 Å². The zero-order valence-corrected chi connectivity index (χ0v) is 12.3. The number of nitrogens with two attached hydrogens (primary N) is 1. The number of nitrogens with zero attached hydrogens (tertiary/aromatic N) is 1. The molecule has 1 aliphatic heterocycles. The minimum atomic E-state index is -0.458. The fourth-order valence-corrected chi connectivity index (χ4v) is 3.05. The fraction of sp³-hybridized carbons (Fsp3) is 0.562. The van der Waals surface area contributed by atoms with E-state index in [9.17, 15) is 9.90 Å². The number of hydrogen-bond acceptors (Lipinski definition) is 4. The van der Waals surface area contributed by atoms with Crippen molar-refractivity contribution in [2.45, 2.75) is 24.8 Å². The first kappa shape index (κ1) is 15.9. The molecule has 1 aromatic rings. The SMILES string of the molecule is NC(=O)CCCC(CO)(c1ccccc1)N1CCOCC1. The van der Waals surface area contributed by atoms with Crippen molar-refractivity contribution in [3.05, 3.63) is 35.9 Å². The van der Waals surface area contributed by atoms with Gasteiger partial charge in [0.25, 0.3) is 0 Å². The highest BCUT2D eigenvalue weighted by Gasteiger charge is 2.38. The van der Waals surface area contributed by atoms with Crippen molar-refractivity contribution in [3.8, 4) is 0 Å². The van der Waals surface area contributed by atoms with E-state index in [0.29, 0.717) is 32.5 Å². The van der Waals surface area contributed by atoms with Crippen LogP contribution in [0.15, 0.2) is 30.3 Å². The summed E-state index contributed by atoms with van der Waals surface area (Å²) in [6, 6.07) is 10.0. The third-order valence-electron chi connectivity index (χ3n) is 4.20. The maximum absolute atomic E-state index is 11.0. The number of morpholine rings is 1. The number of carbonyl (C=O) groups excluding carboxylic acids is 1. The summed E-state index contributed by atoms with van der Waals surface area (Å²) in [5.74, 6) is -0.295. The number of rotatable bonds is 7. The van der Waals surface area contributed by atoms with Crippen LogP contribution in [0, 0.1) is 0 Å². The number of ether oxygens (including phenoxy) is 1. The van der Waals surface area contributed by atoms with Gasteiger partial charge in [0.05, 0.1) is 25.4 Å². The molecule has 0 aliphatic carbocycles. The van der Waals surface area contributed by atoms with E-state index in [-0.39, 0.29) is 12.5 Å². The number of amides is 1. The molecule has 0 spiro atoms. The lowest BCUT2D eigenvalue weighted by Crippen LogP contribution is -2.53. The molecule has 1 heterocycles. The Kier molecular flexibility index (Phi) is 5.73. The molecule has 1 aliphatic rings. The second-order valence-electron chi connectivity index (χ2n) is 5.48. The first-order chi connectivity index (χ1) is 10.2. The van der Waals surface area contributed by atoms with Crippen molar-refractivity contribution in [1.82, 2.24) is 4.90 Å². The van der Waals surface area contributed by atoms with E-state index in [2.05, 4.69) is 4.90 Å². The van der Waals surface area contributed by atoms with Gasteiger partial charge in [0.15, 0.2) is 0 Å². The van der Waals surface area contributed by atoms with Crippen LogP contribution >= 0.6 is 0 Å². The lowest BCUT2D eigenvalue weighted by molar-refractivity contribution is -0.118. The van der Waals surface area contributed by atoms with Gasteiger partial charge in [0.2, 0.25) is 5.91 Å². The number of hydrogen-bond donors (Lipinski definition) is 2. The topological polar surface area (TPSA) is 75.8 Å². The van der Waals surface area contributed by atoms with Crippen LogP contribution in [0.1, 0.15) is 24.8 Å². The molecule has 5 nitrogen and oxygen atoms in total. The van der Waals surface area contributed by atoms with Crippen LogP contribution in [-0.2, 0) is 15.1 Å². The van der Waals surface area contributed by atoms with Gasteiger partial charge in [-0.25, -0.2) is 0 Å². The van der Waals surface area contributed by atoms with Gasteiger partial charge in [-0.1, -0.05) is 30.3 Å². The van der Waals surface area contributed by atoms with Gasteiger partial charge >= 0.3 is 0 Å². The van der Waals surface area contributed by atoms with Crippen molar-refractivity contribution in [2.24, 2.45) is 5.73 Å². The highest BCUT2D eigenvalue weighted by Crippen LogP contribution is 2.34. The largest absolute Gasteiger partial charge is 0.394 e. The van der Waals surface area contributed by atoms with E-state index in [0.717, 1.165) is 18.7 Å². The second-order valence-corrected chi connectivity index (χ2v) is 5.48. The summed E-state index contributed by atoms with van der Waals surface area (Å²) < 4.78 is 5.42. The monoisotopic (exact) mass is 292 g/mol. The average Bonchev–Trinajstić information content (AvgIpc) is 2.53. The number of aliphatic hydroxyl groups excluding tert-OH is 1. The summed E-state index contributed by atoms with van der Waals surface area (Å²) in [5.41, 5.74) is 5.87. The van der Waals surface area contributed by atoms with Crippen molar-refractivity contribution in [2.75, 3.05) is 32.9 Å². The van der Waals surface area contributed by atoms with Crippen LogP contribution in [-0.4, -0.2) is 48.8 Å². The zero-order valence-electron chi connectivity index (χ0n) is 12.3. The molecule has 0 radical (unpaired) electrons. The van der Waals surface area contributed by atoms with E-state index in [1.165, 1.54) is 0 Å². The average molecular weight is 292 g/mol. The Balaban J connectivity index is 2.23. The third-order valence-corrected chi connectivity index (χ3v) is 4.20. The van der Waals surface area contributed by atoms with Crippen molar-refractivity contribution >= 4 is 5.91 Å². The quantitative estimate of drug-likeness (QED) is 0.781. The highest BCUT2D eigenvalue weighted by molar-refractivity contribution is 5.73.